The van der Waals surface area contributed by atoms with E-state index in [1.807, 2.05) is 0 Å². The van der Waals surface area contributed by atoms with E-state index in [0.717, 1.165) is 25.8 Å². The highest BCUT2D eigenvalue weighted by molar-refractivity contribution is 4.81. The van der Waals surface area contributed by atoms with Gasteiger partial charge in [-0.1, -0.05) is 0 Å². The zero-order chi connectivity index (χ0) is 9.80. The second-order valence-electron chi connectivity index (χ2n) is 4.55. The lowest BCUT2D eigenvalue weighted by atomic mass is 10.1. The molecule has 2 fully saturated rings. The number of nitrogens with one attached hydrogen (secondary N) is 1. The lowest BCUT2D eigenvalue weighted by Gasteiger charge is -2.37. The number of hydrogen-bond donors (Lipinski definition) is 1. The second-order valence-corrected chi connectivity index (χ2v) is 4.55. The predicted molar refractivity (Wildman–Crippen MR) is 57.5 cm³/mol. The Bertz CT molecular complexity index is 167. The van der Waals surface area contributed by atoms with Gasteiger partial charge in [0, 0.05) is 44.9 Å². The summed E-state index contributed by atoms with van der Waals surface area (Å²) in [6.45, 7) is 7.79. The van der Waals surface area contributed by atoms with E-state index in [1.54, 1.807) is 0 Å². The van der Waals surface area contributed by atoms with Gasteiger partial charge in [-0.2, -0.15) is 0 Å². The smallest absolute Gasteiger partial charge is 0.0480 e. The van der Waals surface area contributed by atoms with Gasteiger partial charge in [0.05, 0.1) is 0 Å². The molecule has 2 rings (SSSR count). The monoisotopic (exact) mass is 198 g/mol. The van der Waals surface area contributed by atoms with Crippen molar-refractivity contribution in [3.05, 3.63) is 0 Å². The average molecular weight is 198 g/mol. The molecule has 0 amide bonds. The zero-order valence-corrected chi connectivity index (χ0v) is 9.17. The molecular weight excluding hydrogens is 176 g/mol. The van der Waals surface area contributed by atoms with Crippen molar-refractivity contribution in [2.45, 2.75) is 38.3 Å². The molecule has 3 nitrogen and oxygen atoms in total. The van der Waals surface area contributed by atoms with Crippen LogP contribution in [0.15, 0.2) is 0 Å². The molecule has 0 aromatic rings. The molecular formula is C11H22N2O. The van der Waals surface area contributed by atoms with E-state index >= 15 is 0 Å². The van der Waals surface area contributed by atoms with Crippen molar-refractivity contribution in [1.82, 2.24) is 10.2 Å². The second kappa shape index (κ2) is 5.10. The van der Waals surface area contributed by atoms with Crippen LogP contribution in [0.1, 0.15) is 26.2 Å². The summed E-state index contributed by atoms with van der Waals surface area (Å²) in [5, 5.41) is 3.49. The first-order chi connectivity index (χ1) is 6.86. The lowest BCUT2D eigenvalue weighted by Crippen LogP contribution is -2.52. The van der Waals surface area contributed by atoms with Gasteiger partial charge in [0.2, 0.25) is 0 Å². The van der Waals surface area contributed by atoms with Gasteiger partial charge in [-0.15, -0.1) is 0 Å². The van der Waals surface area contributed by atoms with Crippen LogP contribution in [0.2, 0.25) is 0 Å². The normalized spacial score (nSPS) is 36.6. The number of ether oxygens (including phenoxy) is 1. The Kier molecular flexibility index (Phi) is 3.79. The maximum atomic E-state index is 5.50. The van der Waals surface area contributed by atoms with Gasteiger partial charge >= 0.3 is 0 Å². The van der Waals surface area contributed by atoms with Crippen LogP contribution in [0.25, 0.3) is 0 Å². The van der Waals surface area contributed by atoms with E-state index in [9.17, 15) is 0 Å². The van der Waals surface area contributed by atoms with E-state index in [1.165, 1.54) is 32.4 Å². The molecule has 14 heavy (non-hydrogen) atoms. The first kappa shape index (κ1) is 10.4. The van der Waals surface area contributed by atoms with Crippen molar-refractivity contribution in [1.29, 1.82) is 0 Å². The topological polar surface area (TPSA) is 24.5 Å². The van der Waals surface area contributed by atoms with E-state index in [0.29, 0.717) is 6.04 Å². The van der Waals surface area contributed by atoms with Gasteiger partial charge in [0.15, 0.2) is 0 Å². The Morgan fingerprint density at radius 3 is 3.07 bits per heavy atom. The van der Waals surface area contributed by atoms with Crippen molar-refractivity contribution in [3.63, 3.8) is 0 Å². The zero-order valence-electron chi connectivity index (χ0n) is 9.17. The summed E-state index contributed by atoms with van der Waals surface area (Å²) in [7, 11) is 0. The summed E-state index contributed by atoms with van der Waals surface area (Å²) in [5.41, 5.74) is 0. The summed E-state index contributed by atoms with van der Waals surface area (Å²) >= 11 is 0. The minimum absolute atomic E-state index is 0.660. The fraction of sp³-hybridized carbons (Fsp3) is 1.00. The van der Waals surface area contributed by atoms with Crippen molar-refractivity contribution in [3.8, 4) is 0 Å². The highest BCUT2D eigenvalue weighted by Gasteiger charge is 2.24. The third kappa shape index (κ3) is 2.69. The molecule has 0 aliphatic carbocycles. The van der Waals surface area contributed by atoms with Crippen LogP contribution in [-0.2, 0) is 4.74 Å². The van der Waals surface area contributed by atoms with Crippen molar-refractivity contribution >= 4 is 0 Å². The van der Waals surface area contributed by atoms with E-state index in [2.05, 4.69) is 17.1 Å². The molecule has 0 aromatic heterocycles. The Hall–Kier alpha value is -0.120. The molecule has 82 valence electrons. The van der Waals surface area contributed by atoms with Gasteiger partial charge in [-0.3, -0.25) is 4.90 Å². The SMILES string of the molecule is CC1CN(C2CCCOCC2)CCN1. The minimum atomic E-state index is 0.660. The molecule has 2 saturated heterocycles. The van der Waals surface area contributed by atoms with Crippen LogP contribution in [0.5, 0.6) is 0 Å². The fourth-order valence-electron chi connectivity index (χ4n) is 2.55. The molecule has 2 unspecified atom stereocenters. The third-order valence-corrected chi connectivity index (χ3v) is 3.34. The molecule has 0 spiro atoms. The number of rotatable bonds is 1. The molecule has 0 saturated carbocycles. The van der Waals surface area contributed by atoms with E-state index in [4.69, 9.17) is 4.74 Å². The molecule has 0 aromatic carbocycles. The predicted octanol–water partition coefficient (Wildman–Crippen LogP) is 0.849. The quantitative estimate of drug-likeness (QED) is 0.676. The van der Waals surface area contributed by atoms with Crippen molar-refractivity contribution in [2.24, 2.45) is 0 Å². The van der Waals surface area contributed by atoms with Crippen molar-refractivity contribution < 1.29 is 4.74 Å². The summed E-state index contributed by atoms with van der Waals surface area (Å²) in [6, 6.07) is 1.44. The molecule has 2 aliphatic rings. The Morgan fingerprint density at radius 2 is 2.21 bits per heavy atom. The number of piperazine rings is 1. The largest absolute Gasteiger partial charge is 0.381 e. The number of nitrogens with zero attached hydrogens (tertiary/aromatic N) is 1. The molecule has 0 radical (unpaired) electrons. The van der Waals surface area contributed by atoms with Crippen LogP contribution < -0.4 is 5.32 Å². The molecule has 1 N–H and O–H groups in total. The Morgan fingerprint density at radius 1 is 1.29 bits per heavy atom. The van der Waals surface area contributed by atoms with Crippen LogP contribution in [-0.4, -0.2) is 49.8 Å². The van der Waals surface area contributed by atoms with Gasteiger partial charge in [-0.25, -0.2) is 0 Å². The Labute approximate surface area is 86.8 Å². The van der Waals surface area contributed by atoms with E-state index < -0.39 is 0 Å². The number of hydrogen-bond acceptors (Lipinski definition) is 3. The fourth-order valence-corrected chi connectivity index (χ4v) is 2.55. The van der Waals surface area contributed by atoms with Crippen LogP contribution in [0.4, 0.5) is 0 Å². The first-order valence-electron chi connectivity index (χ1n) is 5.91. The van der Waals surface area contributed by atoms with Crippen LogP contribution in [0.3, 0.4) is 0 Å². The van der Waals surface area contributed by atoms with Crippen LogP contribution >= 0.6 is 0 Å². The van der Waals surface area contributed by atoms with E-state index in [-0.39, 0.29) is 0 Å². The van der Waals surface area contributed by atoms with Crippen molar-refractivity contribution in [2.75, 3.05) is 32.8 Å². The van der Waals surface area contributed by atoms with Gasteiger partial charge < -0.3 is 10.1 Å². The van der Waals surface area contributed by atoms with Crippen LogP contribution in [0, 0.1) is 0 Å². The molecule has 2 aliphatic heterocycles. The maximum Gasteiger partial charge on any atom is 0.0480 e. The molecule has 2 heterocycles. The maximum absolute atomic E-state index is 5.50. The van der Waals surface area contributed by atoms with Gasteiger partial charge in [-0.05, 0) is 26.2 Å². The Balaban J connectivity index is 1.85. The standard InChI is InChI=1S/C11H22N2O/c1-10-9-13(6-5-12-10)11-3-2-7-14-8-4-11/h10-12H,2-9H2,1H3. The molecule has 3 heteroatoms. The summed E-state index contributed by atoms with van der Waals surface area (Å²) < 4.78 is 5.50. The highest BCUT2D eigenvalue weighted by atomic mass is 16.5. The highest BCUT2D eigenvalue weighted by Crippen LogP contribution is 2.16. The lowest BCUT2D eigenvalue weighted by molar-refractivity contribution is 0.114. The summed E-state index contributed by atoms with van der Waals surface area (Å²) in [6.07, 6.45) is 3.79. The summed E-state index contributed by atoms with van der Waals surface area (Å²) in [5.74, 6) is 0. The first-order valence-corrected chi connectivity index (χ1v) is 5.91. The van der Waals surface area contributed by atoms with Gasteiger partial charge in [0.25, 0.3) is 0 Å². The minimum Gasteiger partial charge on any atom is -0.381 e. The molecule has 2 atom stereocenters. The van der Waals surface area contributed by atoms with Gasteiger partial charge in [0.1, 0.15) is 0 Å². The average Bonchev–Trinajstić information content (AvgIpc) is 2.45. The third-order valence-electron chi connectivity index (χ3n) is 3.34. The summed E-state index contributed by atoms with van der Waals surface area (Å²) in [4.78, 5) is 2.65. The molecule has 0 bridgehead atoms.